The second kappa shape index (κ2) is 8.85. The smallest absolute Gasteiger partial charge is 0.356 e. The van der Waals surface area contributed by atoms with Crippen LogP contribution in [0.2, 0.25) is 0 Å². The lowest BCUT2D eigenvalue weighted by Gasteiger charge is -2.16. The monoisotopic (exact) mass is 322 g/mol. The SMILES string of the molecule is CCOP(=O)(COCCn1cc(C(=O)NO)nn1)OCC. The number of amides is 1. The standard InChI is InChI=1S/C10H19N4O6P/c1-3-19-21(17,20-4-2)8-18-6-5-14-7-9(11-13-14)10(15)12-16/h7,16H,3-6,8H2,1-2H3,(H,12,15). The van der Waals surface area contributed by atoms with Crippen LogP contribution < -0.4 is 5.48 Å². The van der Waals surface area contributed by atoms with Crippen molar-refractivity contribution >= 4 is 13.5 Å². The lowest BCUT2D eigenvalue weighted by atomic mass is 10.5. The lowest BCUT2D eigenvalue weighted by molar-refractivity contribution is 0.0700. The van der Waals surface area contributed by atoms with E-state index >= 15 is 0 Å². The molecular weight excluding hydrogens is 303 g/mol. The molecule has 11 heteroatoms. The van der Waals surface area contributed by atoms with E-state index in [-0.39, 0.29) is 31.9 Å². The molecule has 1 amide bonds. The highest BCUT2D eigenvalue weighted by Gasteiger charge is 2.23. The predicted octanol–water partition coefficient (Wildman–Crippen LogP) is 0.637. The van der Waals surface area contributed by atoms with Gasteiger partial charge in [-0.1, -0.05) is 5.21 Å². The molecule has 120 valence electrons. The fraction of sp³-hybridized carbons (Fsp3) is 0.700. The fourth-order valence-corrected chi connectivity index (χ4v) is 2.77. The van der Waals surface area contributed by atoms with E-state index in [0.29, 0.717) is 6.54 Å². The summed E-state index contributed by atoms with van der Waals surface area (Å²) in [6.45, 7) is 4.45. The molecule has 21 heavy (non-hydrogen) atoms. The molecule has 0 spiro atoms. The van der Waals surface area contributed by atoms with Crippen LogP contribution in [-0.2, 0) is 24.9 Å². The third kappa shape index (κ3) is 5.90. The minimum absolute atomic E-state index is 0.0215. The number of hydroxylamine groups is 1. The van der Waals surface area contributed by atoms with Crippen molar-refractivity contribution in [1.29, 1.82) is 0 Å². The zero-order chi connectivity index (χ0) is 15.7. The molecule has 0 aromatic carbocycles. The van der Waals surface area contributed by atoms with Gasteiger partial charge in [0, 0.05) is 0 Å². The summed E-state index contributed by atoms with van der Waals surface area (Å²) in [5, 5.41) is 15.7. The van der Waals surface area contributed by atoms with E-state index in [9.17, 15) is 9.36 Å². The van der Waals surface area contributed by atoms with Crippen LogP contribution in [0.25, 0.3) is 0 Å². The van der Waals surface area contributed by atoms with Crippen molar-refractivity contribution in [1.82, 2.24) is 20.5 Å². The summed E-state index contributed by atoms with van der Waals surface area (Å²) in [5.74, 6) is -0.751. The minimum atomic E-state index is -3.22. The summed E-state index contributed by atoms with van der Waals surface area (Å²) in [4.78, 5) is 11.1. The van der Waals surface area contributed by atoms with Gasteiger partial charge in [-0.3, -0.25) is 14.6 Å². The Labute approximate surface area is 121 Å². The van der Waals surface area contributed by atoms with Gasteiger partial charge in [0.05, 0.1) is 32.6 Å². The van der Waals surface area contributed by atoms with Crippen LogP contribution in [0.4, 0.5) is 0 Å². The average Bonchev–Trinajstić information content (AvgIpc) is 2.92. The number of aromatic nitrogens is 3. The Morgan fingerprint density at radius 1 is 1.43 bits per heavy atom. The Balaban J connectivity index is 2.37. The molecule has 0 aliphatic heterocycles. The van der Waals surface area contributed by atoms with Gasteiger partial charge in [-0.05, 0) is 13.8 Å². The Bertz CT molecular complexity index is 484. The van der Waals surface area contributed by atoms with Gasteiger partial charge in [-0.25, -0.2) is 10.2 Å². The molecular formula is C10H19N4O6P. The maximum atomic E-state index is 12.1. The van der Waals surface area contributed by atoms with Gasteiger partial charge in [0.25, 0.3) is 5.91 Å². The molecule has 1 aromatic heterocycles. The number of hydrogen-bond donors (Lipinski definition) is 2. The lowest BCUT2D eigenvalue weighted by Crippen LogP contribution is -2.18. The van der Waals surface area contributed by atoms with Gasteiger partial charge in [0.2, 0.25) is 0 Å². The summed E-state index contributed by atoms with van der Waals surface area (Å²) < 4.78 is 28.8. The number of carbonyl (C=O) groups is 1. The van der Waals surface area contributed by atoms with Crippen molar-refractivity contribution in [2.24, 2.45) is 0 Å². The van der Waals surface area contributed by atoms with Crippen molar-refractivity contribution in [2.75, 3.05) is 26.2 Å². The minimum Gasteiger partial charge on any atom is -0.367 e. The number of nitrogens with one attached hydrogen (secondary N) is 1. The number of carbonyl (C=O) groups excluding carboxylic acids is 1. The van der Waals surface area contributed by atoms with Crippen molar-refractivity contribution in [3.63, 3.8) is 0 Å². The zero-order valence-corrected chi connectivity index (χ0v) is 12.8. The molecule has 0 bridgehead atoms. The largest absolute Gasteiger partial charge is 0.367 e. The second-order valence-corrected chi connectivity index (χ2v) is 5.79. The first-order valence-corrected chi connectivity index (χ1v) is 8.08. The third-order valence-electron chi connectivity index (χ3n) is 2.24. The third-order valence-corrected chi connectivity index (χ3v) is 4.04. The first-order chi connectivity index (χ1) is 10.0. The van der Waals surface area contributed by atoms with Crippen LogP contribution in [0.5, 0.6) is 0 Å². The van der Waals surface area contributed by atoms with Crippen LogP contribution in [-0.4, -0.2) is 52.3 Å². The van der Waals surface area contributed by atoms with E-state index in [0.717, 1.165) is 0 Å². The number of hydrogen-bond acceptors (Lipinski definition) is 8. The van der Waals surface area contributed by atoms with Crippen molar-refractivity contribution in [3.8, 4) is 0 Å². The van der Waals surface area contributed by atoms with Gasteiger partial charge in [-0.2, -0.15) is 0 Å². The molecule has 0 fully saturated rings. The molecule has 0 saturated carbocycles. The molecule has 1 heterocycles. The summed E-state index contributed by atoms with van der Waals surface area (Å²) in [7, 11) is -3.22. The molecule has 1 aromatic rings. The van der Waals surface area contributed by atoms with Crippen molar-refractivity contribution in [3.05, 3.63) is 11.9 Å². The Morgan fingerprint density at radius 3 is 2.67 bits per heavy atom. The number of ether oxygens (including phenoxy) is 1. The van der Waals surface area contributed by atoms with Gasteiger partial charge >= 0.3 is 7.60 Å². The van der Waals surface area contributed by atoms with Crippen LogP contribution in [0, 0.1) is 0 Å². The van der Waals surface area contributed by atoms with E-state index in [1.54, 1.807) is 13.8 Å². The van der Waals surface area contributed by atoms with Gasteiger partial charge in [0.15, 0.2) is 5.69 Å². The molecule has 2 N–H and O–H groups in total. The first kappa shape index (κ1) is 17.7. The molecule has 0 atom stereocenters. The summed E-state index contributed by atoms with van der Waals surface area (Å²) in [6, 6.07) is 0. The maximum absolute atomic E-state index is 12.1. The van der Waals surface area contributed by atoms with E-state index in [1.807, 2.05) is 0 Å². The summed E-state index contributed by atoms with van der Waals surface area (Å²) in [5.41, 5.74) is 1.43. The molecule has 1 rings (SSSR count). The van der Waals surface area contributed by atoms with Gasteiger partial charge in [0.1, 0.15) is 6.35 Å². The van der Waals surface area contributed by atoms with Crippen LogP contribution in [0.3, 0.4) is 0 Å². The van der Waals surface area contributed by atoms with E-state index in [4.69, 9.17) is 19.0 Å². The molecule has 0 saturated heterocycles. The van der Waals surface area contributed by atoms with E-state index in [2.05, 4.69) is 10.3 Å². The molecule has 0 unspecified atom stereocenters. The molecule has 10 nitrogen and oxygen atoms in total. The van der Waals surface area contributed by atoms with Gasteiger partial charge in [-0.15, -0.1) is 5.10 Å². The van der Waals surface area contributed by atoms with E-state index in [1.165, 1.54) is 16.4 Å². The quantitative estimate of drug-likeness (QED) is 0.278. The van der Waals surface area contributed by atoms with E-state index < -0.39 is 13.5 Å². The highest BCUT2D eigenvalue weighted by molar-refractivity contribution is 7.53. The van der Waals surface area contributed by atoms with Crippen molar-refractivity contribution in [2.45, 2.75) is 20.4 Å². The van der Waals surface area contributed by atoms with Crippen LogP contribution in [0.15, 0.2) is 6.20 Å². The number of rotatable bonds is 10. The second-order valence-electron chi connectivity index (χ2n) is 3.79. The molecule has 0 aliphatic rings. The summed E-state index contributed by atoms with van der Waals surface area (Å²) in [6.07, 6.45) is 1.19. The highest BCUT2D eigenvalue weighted by Crippen LogP contribution is 2.47. The number of nitrogens with zero attached hydrogens (tertiary/aromatic N) is 3. The first-order valence-electron chi connectivity index (χ1n) is 6.35. The normalized spacial score (nSPS) is 11.6. The fourth-order valence-electron chi connectivity index (χ4n) is 1.41. The zero-order valence-electron chi connectivity index (χ0n) is 11.9. The average molecular weight is 322 g/mol. The Kier molecular flexibility index (Phi) is 7.48. The van der Waals surface area contributed by atoms with Crippen LogP contribution >= 0.6 is 7.60 Å². The molecule has 0 aliphatic carbocycles. The van der Waals surface area contributed by atoms with Crippen molar-refractivity contribution < 1.29 is 28.4 Å². The topological polar surface area (TPSA) is 125 Å². The summed E-state index contributed by atoms with van der Waals surface area (Å²) >= 11 is 0. The Morgan fingerprint density at radius 2 is 2.10 bits per heavy atom. The Hall–Kier alpha value is -1.32. The predicted molar refractivity (Wildman–Crippen MR) is 71.0 cm³/mol. The maximum Gasteiger partial charge on any atom is 0.356 e. The highest BCUT2D eigenvalue weighted by atomic mass is 31.2. The molecule has 0 radical (unpaired) electrons. The van der Waals surface area contributed by atoms with Crippen LogP contribution in [0.1, 0.15) is 24.3 Å². The van der Waals surface area contributed by atoms with Gasteiger partial charge < -0.3 is 13.8 Å².